The molecular formula is C7H8O4S. The molecule has 0 bridgehead atoms. The highest BCUT2D eigenvalue weighted by Crippen LogP contribution is 2.16. The first-order chi connectivity index (χ1) is 5.45. The molecule has 0 aromatic carbocycles. The van der Waals surface area contributed by atoms with E-state index in [1.807, 2.05) is 0 Å². The average Bonchev–Trinajstić information content (AvgIpc) is 2.29. The lowest BCUT2D eigenvalue weighted by atomic mass is 10.3. The van der Waals surface area contributed by atoms with Crippen LogP contribution in [0.15, 0.2) is 15.6 Å². The predicted octanol–water partition coefficient (Wildman–Crippen LogP) is 0.804. The number of carbonyl (C=O) groups excluding carboxylic acids is 1. The Kier molecular flexibility index (Phi) is 2.06. The summed E-state index contributed by atoms with van der Waals surface area (Å²) in [6, 6.07) is 1.22. The zero-order valence-corrected chi connectivity index (χ0v) is 7.51. The van der Waals surface area contributed by atoms with Gasteiger partial charge in [-0.3, -0.25) is 4.79 Å². The van der Waals surface area contributed by atoms with Crippen LogP contribution < -0.4 is 0 Å². The van der Waals surface area contributed by atoms with Gasteiger partial charge in [0.2, 0.25) is 14.9 Å². The third-order valence-corrected chi connectivity index (χ3v) is 2.36. The fraction of sp³-hybridized carbons (Fsp3) is 0.286. The van der Waals surface area contributed by atoms with Gasteiger partial charge in [-0.1, -0.05) is 0 Å². The number of aryl methyl sites for hydroxylation is 1. The van der Waals surface area contributed by atoms with Gasteiger partial charge in [0, 0.05) is 12.3 Å². The van der Waals surface area contributed by atoms with Crippen molar-refractivity contribution in [3.63, 3.8) is 0 Å². The zero-order chi connectivity index (χ0) is 9.35. The van der Waals surface area contributed by atoms with Crippen LogP contribution in [0.3, 0.4) is 0 Å². The molecule has 66 valence electrons. The van der Waals surface area contributed by atoms with Crippen molar-refractivity contribution in [1.82, 2.24) is 0 Å². The van der Waals surface area contributed by atoms with Crippen LogP contribution in [-0.4, -0.2) is 21.0 Å². The van der Waals surface area contributed by atoms with Crippen LogP contribution in [0.5, 0.6) is 0 Å². The highest BCUT2D eigenvalue weighted by Gasteiger charge is 2.14. The quantitative estimate of drug-likeness (QED) is 0.644. The van der Waals surface area contributed by atoms with E-state index in [0.717, 1.165) is 6.26 Å². The molecular weight excluding hydrogens is 180 g/mol. The minimum atomic E-state index is -3.34. The Bertz CT molecular complexity index is 399. The van der Waals surface area contributed by atoms with Crippen molar-refractivity contribution < 1.29 is 17.6 Å². The standard InChI is InChI=1S/C7H8O4S/c1-5-6(4-8)3-7(11-5)12(2,9)10/h3-4H,1-2H3. The van der Waals surface area contributed by atoms with Crippen LogP contribution in [0.1, 0.15) is 16.1 Å². The largest absolute Gasteiger partial charge is 0.449 e. The second-order valence-corrected chi connectivity index (χ2v) is 4.41. The summed E-state index contributed by atoms with van der Waals surface area (Å²) in [5.41, 5.74) is 0.274. The lowest BCUT2D eigenvalue weighted by Gasteiger charge is -1.87. The normalized spacial score (nSPS) is 11.5. The Morgan fingerprint density at radius 3 is 2.33 bits per heavy atom. The minimum absolute atomic E-state index is 0.165. The number of hydrogen-bond donors (Lipinski definition) is 0. The van der Waals surface area contributed by atoms with E-state index in [-0.39, 0.29) is 10.7 Å². The van der Waals surface area contributed by atoms with E-state index < -0.39 is 9.84 Å². The van der Waals surface area contributed by atoms with Gasteiger partial charge >= 0.3 is 0 Å². The molecule has 0 amide bonds. The molecule has 1 heterocycles. The lowest BCUT2D eigenvalue weighted by molar-refractivity contribution is 0.112. The van der Waals surface area contributed by atoms with Gasteiger partial charge in [0.05, 0.1) is 5.56 Å². The molecule has 4 nitrogen and oxygen atoms in total. The van der Waals surface area contributed by atoms with Gasteiger partial charge in [0.15, 0.2) is 6.29 Å². The Labute approximate surface area is 70.1 Å². The molecule has 0 aliphatic rings. The van der Waals surface area contributed by atoms with Gasteiger partial charge in [-0.15, -0.1) is 0 Å². The first-order valence-corrected chi connectivity index (χ1v) is 5.10. The molecule has 0 saturated heterocycles. The zero-order valence-electron chi connectivity index (χ0n) is 6.70. The number of furan rings is 1. The Hall–Kier alpha value is -1.10. The number of carbonyl (C=O) groups is 1. The second-order valence-electron chi connectivity index (χ2n) is 2.47. The SMILES string of the molecule is Cc1oc(S(C)(=O)=O)cc1C=O. The van der Waals surface area contributed by atoms with E-state index in [2.05, 4.69) is 0 Å². The summed E-state index contributed by atoms with van der Waals surface area (Å²) in [7, 11) is -3.34. The molecule has 0 aliphatic carbocycles. The van der Waals surface area contributed by atoms with E-state index in [1.165, 1.54) is 6.07 Å². The average molecular weight is 188 g/mol. The van der Waals surface area contributed by atoms with Crippen LogP contribution in [0.25, 0.3) is 0 Å². The third kappa shape index (κ3) is 1.55. The Morgan fingerprint density at radius 2 is 2.08 bits per heavy atom. The third-order valence-electron chi connectivity index (χ3n) is 1.43. The molecule has 1 rings (SSSR count). The lowest BCUT2D eigenvalue weighted by Crippen LogP contribution is -1.93. The van der Waals surface area contributed by atoms with E-state index >= 15 is 0 Å². The summed E-state index contributed by atoms with van der Waals surface area (Å²) in [5, 5.41) is -0.165. The van der Waals surface area contributed by atoms with Gasteiger partial charge in [-0.05, 0) is 6.92 Å². The number of aldehydes is 1. The first-order valence-electron chi connectivity index (χ1n) is 3.21. The minimum Gasteiger partial charge on any atom is -0.449 e. The highest BCUT2D eigenvalue weighted by molar-refractivity contribution is 7.90. The molecule has 0 N–H and O–H groups in total. The van der Waals surface area contributed by atoms with Crippen molar-refractivity contribution in [3.8, 4) is 0 Å². The summed E-state index contributed by atoms with van der Waals surface area (Å²) >= 11 is 0. The van der Waals surface area contributed by atoms with Crippen LogP contribution in [0.4, 0.5) is 0 Å². The molecule has 1 aromatic heterocycles. The molecule has 0 spiro atoms. The monoisotopic (exact) mass is 188 g/mol. The summed E-state index contributed by atoms with van der Waals surface area (Å²) in [5.74, 6) is 0.324. The molecule has 0 atom stereocenters. The maximum Gasteiger partial charge on any atom is 0.218 e. The van der Waals surface area contributed by atoms with Gasteiger partial charge < -0.3 is 4.42 Å². The molecule has 0 unspecified atom stereocenters. The fourth-order valence-corrected chi connectivity index (χ4v) is 1.39. The number of hydrogen-bond acceptors (Lipinski definition) is 4. The molecule has 12 heavy (non-hydrogen) atoms. The topological polar surface area (TPSA) is 64.3 Å². The summed E-state index contributed by atoms with van der Waals surface area (Å²) in [4.78, 5) is 10.3. The first kappa shape index (κ1) is 8.99. The molecule has 0 saturated carbocycles. The van der Waals surface area contributed by atoms with Crippen LogP contribution in [0.2, 0.25) is 0 Å². The smallest absolute Gasteiger partial charge is 0.218 e. The van der Waals surface area contributed by atoms with Crippen molar-refractivity contribution >= 4 is 16.1 Å². The van der Waals surface area contributed by atoms with Crippen LogP contribution >= 0.6 is 0 Å². The summed E-state index contributed by atoms with van der Waals surface area (Å²) < 4.78 is 26.7. The maximum absolute atomic E-state index is 10.9. The van der Waals surface area contributed by atoms with Crippen LogP contribution in [0, 0.1) is 6.92 Å². The van der Waals surface area contributed by atoms with Crippen molar-refractivity contribution in [3.05, 3.63) is 17.4 Å². The van der Waals surface area contributed by atoms with Crippen molar-refractivity contribution in [2.45, 2.75) is 12.0 Å². The van der Waals surface area contributed by atoms with Gasteiger partial charge in [0.25, 0.3) is 0 Å². The second kappa shape index (κ2) is 2.75. The van der Waals surface area contributed by atoms with Gasteiger partial charge in [0.1, 0.15) is 5.76 Å². The molecule has 5 heteroatoms. The Morgan fingerprint density at radius 1 is 1.50 bits per heavy atom. The summed E-state index contributed by atoms with van der Waals surface area (Å²) in [6.45, 7) is 1.54. The number of sulfone groups is 1. The molecule has 1 aromatic rings. The van der Waals surface area contributed by atoms with Gasteiger partial charge in [-0.25, -0.2) is 8.42 Å². The van der Waals surface area contributed by atoms with Crippen LogP contribution in [-0.2, 0) is 9.84 Å². The summed E-state index contributed by atoms with van der Waals surface area (Å²) in [6.07, 6.45) is 1.59. The van der Waals surface area contributed by atoms with E-state index in [9.17, 15) is 13.2 Å². The van der Waals surface area contributed by atoms with Crippen molar-refractivity contribution in [1.29, 1.82) is 0 Å². The molecule has 0 aliphatic heterocycles. The van der Waals surface area contributed by atoms with E-state index in [0.29, 0.717) is 12.0 Å². The Balaban J connectivity index is 3.32. The van der Waals surface area contributed by atoms with Crippen molar-refractivity contribution in [2.75, 3.05) is 6.26 Å². The number of rotatable bonds is 2. The maximum atomic E-state index is 10.9. The van der Waals surface area contributed by atoms with Gasteiger partial charge in [-0.2, -0.15) is 0 Å². The highest BCUT2D eigenvalue weighted by atomic mass is 32.2. The van der Waals surface area contributed by atoms with Crippen molar-refractivity contribution in [2.24, 2.45) is 0 Å². The fourth-order valence-electron chi connectivity index (χ4n) is 0.768. The van der Waals surface area contributed by atoms with E-state index in [4.69, 9.17) is 4.42 Å². The predicted molar refractivity (Wildman–Crippen MR) is 41.9 cm³/mol. The molecule has 0 fully saturated rings. The van der Waals surface area contributed by atoms with E-state index in [1.54, 1.807) is 6.92 Å². The molecule has 0 radical (unpaired) electrons.